The van der Waals surface area contributed by atoms with E-state index in [2.05, 4.69) is 25.7 Å². The second-order valence-corrected chi connectivity index (χ2v) is 9.00. The molecule has 0 aromatic rings. The van der Waals surface area contributed by atoms with Crippen molar-refractivity contribution in [1.29, 1.82) is 0 Å². The van der Waals surface area contributed by atoms with Crippen LogP contribution >= 0.6 is 0 Å². The van der Waals surface area contributed by atoms with Crippen LogP contribution in [-0.4, -0.2) is 23.7 Å². The zero-order chi connectivity index (χ0) is 23.7. The summed E-state index contributed by atoms with van der Waals surface area (Å²) in [5, 5.41) is 8.99. The Balaban J connectivity index is 3.47. The Bertz CT molecular complexity index is 484. The predicted octanol–water partition coefficient (Wildman–Crippen LogP) is 8.40. The van der Waals surface area contributed by atoms with Crippen molar-refractivity contribution in [1.82, 2.24) is 0 Å². The topological polar surface area (TPSA) is 63.6 Å². The van der Waals surface area contributed by atoms with E-state index < -0.39 is 17.9 Å². The lowest BCUT2D eigenvalue weighted by Gasteiger charge is -2.13. The van der Waals surface area contributed by atoms with Crippen molar-refractivity contribution in [2.45, 2.75) is 129 Å². The lowest BCUT2D eigenvalue weighted by atomic mass is 9.97. The third-order valence-corrected chi connectivity index (χ3v) is 5.91. The van der Waals surface area contributed by atoms with E-state index in [0.717, 1.165) is 19.3 Å². The zero-order valence-electron chi connectivity index (χ0n) is 20.8. The molecular weight excluding hydrogens is 400 g/mol. The predicted molar refractivity (Wildman–Crippen MR) is 135 cm³/mol. The number of aliphatic carboxylic acids is 1. The lowest BCUT2D eigenvalue weighted by Crippen LogP contribution is -2.21. The molecule has 4 heteroatoms. The summed E-state index contributed by atoms with van der Waals surface area (Å²) in [7, 11) is 0. The molecule has 0 amide bonds. The number of ether oxygens (including phenoxy) is 1. The Morgan fingerprint density at radius 1 is 0.781 bits per heavy atom. The molecule has 0 aliphatic heterocycles. The number of hydrogen-bond acceptors (Lipinski definition) is 3. The molecule has 0 rings (SSSR count). The largest absolute Gasteiger partial charge is 0.481 e. The molecule has 0 aromatic heterocycles. The number of carbonyl (C=O) groups excluding carboxylic acids is 1. The summed E-state index contributed by atoms with van der Waals surface area (Å²) >= 11 is 0. The van der Waals surface area contributed by atoms with E-state index in [-0.39, 0.29) is 13.0 Å². The number of hydrogen-bond donors (Lipinski definition) is 1. The van der Waals surface area contributed by atoms with Gasteiger partial charge in [-0.05, 0) is 32.1 Å². The molecule has 1 N–H and O–H groups in total. The van der Waals surface area contributed by atoms with Crippen molar-refractivity contribution in [3.05, 3.63) is 24.8 Å². The van der Waals surface area contributed by atoms with Crippen LogP contribution in [0.15, 0.2) is 24.8 Å². The average Bonchev–Trinajstić information content (AvgIpc) is 2.77. The van der Waals surface area contributed by atoms with E-state index >= 15 is 0 Å². The van der Waals surface area contributed by atoms with Gasteiger partial charge in [-0.2, -0.15) is 0 Å². The van der Waals surface area contributed by atoms with Crippen molar-refractivity contribution in [3.63, 3.8) is 0 Å². The van der Waals surface area contributed by atoms with Gasteiger partial charge in [-0.3, -0.25) is 9.59 Å². The van der Waals surface area contributed by atoms with E-state index in [1.54, 1.807) is 0 Å². The van der Waals surface area contributed by atoms with Crippen LogP contribution in [0.4, 0.5) is 0 Å². The number of carboxylic acid groups (broad SMARTS) is 1. The van der Waals surface area contributed by atoms with Crippen molar-refractivity contribution < 1.29 is 19.4 Å². The molecule has 0 bridgehead atoms. The Morgan fingerprint density at radius 2 is 1.25 bits per heavy atom. The standard InChI is InChI=1S/C28H50O4/c1-3-5-6-7-8-9-10-11-12-13-14-15-16-17-18-19-20-21-22-23-26(25-27(29)30)28(31)32-24-4-2/h4,9-10,26H,2-3,5-8,11-25H2,1H3,(H,29,30)/b10-9+. The van der Waals surface area contributed by atoms with Gasteiger partial charge in [0.25, 0.3) is 0 Å². The van der Waals surface area contributed by atoms with Crippen LogP contribution in [0.1, 0.15) is 129 Å². The molecule has 0 spiro atoms. The summed E-state index contributed by atoms with van der Waals surface area (Å²) in [6.07, 6.45) is 28.3. The first-order valence-electron chi connectivity index (χ1n) is 13.3. The highest BCUT2D eigenvalue weighted by Gasteiger charge is 2.22. The Hall–Kier alpha value is -1.58. The van der Waals surface area contributed by atoms with Crippen molar-refractivity contribution >= 4 is 11.9 Å². The molecule has 0 fully saturated rings. The molecule has 1 unspecified atom stereocenters. The molecule has 0 saturated heterocycles. The Labute approximate surface area is 197 Å². The molecule has 0 heterocycles. The van der Waals surface area contributed by atoms with Gasteiger partial charge < -0.3 is 9.84 Å². The summed E-state index contributed by atoms with van der Waals surface area (Å²) in [6.45, 7) is 5.91. The second-order valence-electron chi connectivity index (χ2n) is 9.00. The molecule has 1 atom stereocenters. The van der Waals surface area contributed by atoms with Crippen LogP contribution in [-0.2, 0) is 14.3 Å². The minimum absolute atomic E-state index is 0.144. The number of rotatable bonds is 24. The van der Waals surface area contributed by atoms with Gasteiger partial charge in [-0.15, -0.1) is 0 Å². The number of esters is 1. The maximum absolute atomic E-state index is 11.9. The van der Waals surface area contributed by atoms with Gasteiger partial charge >= 0.3 is 11.9 Å². The molecular formula is C28H50O4. The third kappa shape index (κ3) is 21.6. The molecule has 0 radical (unpaired) electrons. The summed E-state index contributed by atoms with van der Waals surface area (Å²) in [6, 6.07) is 0. The zero-order valence-corrected chi connectivity index (χ0v) is 20.8. The van der Waals surface area contributed by atoms with Crippen molar-refractivity contribution in [2.75, 3.05) is 6.61 Å². The second kappa shape index (κ2) is 24.1. The smallest absolute Gasteiger partial charge is 0.309 e. The monoisotopic (exact) mass is 450 g/mol. The molecule has 0 saturated carbocycles. The first-order valence-corrected chi connectivity index (χ1v) is 13.3. The van der Waals surface area contributed by atoms with Crippen molar-refractivity contribution in [3.8, 4) is 0 Å². The fourth-order valence-electron chi connectivity index (χ4n) is 3.94. The molecule has 0 aromatic carbocycles. The summed E-state index contributed by atoms with van der Waals surface area (Å²) in [5.41, 5.74) is 0. The third-order valence-electron chi connectivity index (χ3n) is 5.91. The highest BCUT2D eigenvalue weighted by atomic mass is 16.5. The van der Waals surface area contributed by atoms with E-state index in [1.165, 1.54) is 96.0 Å². The molecule has 0 aliphatic carbocycles. The van der Waals surface area contributed by atoms with E-state index in [4.69, 9.17) is 9.84 Å². The van der Waals surface area contributed by atoms with Gasteiger partial charge in [0.2, 0.25) is 0 Å². The fourth-order valence-corrected chi connectivity index (χ4v) is 3.94. The minimum Gasteiger partial charge on any atom is -0.481 e. The molecule has 186 valence electrons. The van der Waals surface area contributed by atoms with Gasteiger partial charge in [-0.1, -0.05) is 115 Å². The maximum Gasteiger partial charge on any atom is 0.309 e. The average molecular weight is 451 g/mol. The number of carboxylic acids is 1. The normalized spacial score (nSPS) is 12.2. The van der Waals surface area contributed by atoms with Crippen molar-refractivity contribution in [2.24, 2.45) is 5.92 Å². The molecule has 4 nitrogen and oxygen atoms in total. The minimum atomic E-state index is -0.945. The first kappa shape index (κ1) is 30.4. The summed E-state index contributed by atoms with van der Waals surface area (Å²) < 4.78 is 5.02. The SMILES string of the molecule is C=CCOC(=O)C(CCCCCCCCCCCCC/C=C/CCCCCC)CC(=O)O. The van der Waals surface area contributed by atoms with Crippen LogP contribution in [0.2, 0.25) is 0 Å². The van der Waals surface area contributed by atoms with Gasteiger partial charge in [0.15, 0.2) is 0 Å². The fraction of sp³-hybridized carbons (Fsp3) is 0.786. The summed E-state index contributed by atoms with van der Waals surface area (Å²) in [4.78, 5) is 22.9. The van der Waals surface area contributed by atoms with Crippen LogP contribution in [0.25, 0.3) is 0 Å². The number of carbonyl (C=O) groups is 2. The van der Waals surface area contributed by atoms with Crippen LogP contribution in [0, 0.1) is 5.92 Å². The Kier molecular flexibility index (Phi) is 22.9. The highest BCUT2D eigenvalue weighted by molar-refractivity contribution is 5.79. The molecule has 32 heavy (non-hydrogen) atoms. The Morgan fingerprint density at radius 3 is 1.72 bits per heavy atom. The maximum atomic E-state index is 11.9. The summed E-state index contributed by atoms with van der Waals surface area (Å²) in [5.74, 6) is -1.89. The van der Waals surface area contributed by atoms with E-state index in [9.17, 15) is 9.59 Å². The van der Waals surface area contributed by atoms with Crippen LogP contribution in [0.3, 0.4) is 0 Å². The number of unbranched alkanes of at least 4 members (excludes halogenated alkanes) is 15. The highest BCUT2D eigenvalue weighted by Crippen LogP contribution is 2.18. The quantitative estimate of drug-likeness (QED) is 0.0910. The van der Waals surface area contributed by atoms with Gasteiger partial charge in [-0.25, -0.2) is 0 Å². The van der Waals surface area contributed by atoms with E-state index in [1.807, 2.05) is 0 Å². The van der Waals surface area contributed by atoms with E-state index in [0.29, 0.717) is 6.42 Å². The van der Waals surface area contributed by atoms with Gasteiger partial charge in [0.05, 0.1) is 12.3 Å². The van der Waals surface area contributed by atoms with Gasteiger partial charge in [0.1, 0.15) is 6.61 Å². The first-order chi connectivity index (χ1) is 15.6. The lowest BCUT2D eigenvalue weighted by molar-refractivity contribution is -0.152. The van der Waals surface area contributed by atoms with Crippen LogP contribution in [0.5, 0.6) is 0 Å². The molecule has 0 aliphatic rings. The number of allylic oxidation sites excluding steroid dienone is 2. The van der Waals surface area contributed by atoms with Gasteiger partial charge in [0, 0.05) is 0 Å². The van der Waals surface area contributed by atoms with Crippen LogP contribution < -0.4 is 0 Å².